The molecule has 0 N–H and O–H groups in total. The Morgan fingerprint density at radius 3 is 1.00 bits per heavy atom. The van der Waals surface area contributed by atoms with Gasteiger partial charge in [0.2, 0.25) is 0 Å². The van der Waals surface area contributed by atoms with Crippen LogP contribution in [0.15, 0.2) is 110 Å². The monoisotopic (exact) mass is 400 g/mol. The summed E-state index contributed by atoms with van der Waals surface area (Å²) in [5, 5.41) is 0. The summed E-state index contributed by atoms with van der Waals surface area (Å²) >= 11 is 0. The van der Waals surface area contributed by atoms with Crippen molar-refractivity contribution in [1.82, 2.24) is 0 Å². The van der Waals surface area contributed by atoms with Gasteiger partial charge in [0.15, 0.2) is 0 Å². The summed E-state index contributed by atoms with van der Waals surface area (Å²) in [6.07, 6.45) is 7.10. The van der Waals surface area contributed by atoms with Crippen molar-refractivity contribution in [2.75, 3.05) is 0 Å². The van der Waals surface area contributed by atoms with Crippen LogP contribution in [-0.2, 0) is 12.8 Å². The van der Waals surface area contributed by atoms with Gasteiger partial charge in [0.05, 0.1) is 0 Å². The number of hydrogen-bond acceptors (Lipinski definition) is 0. The Bertz CT molecular complexity index is 1030. The lowest BCUT2D eigenvalue weighted by molar-refractivity contribution is 0.821. The van der Waals surface area contributed by atoms with Gasteiger partial charge in [-0.3, -0.25) is 0 Å². The Labute approximate surface area is 186 Å². The van der Waals surface area contributed by atoms with Gasteiger partial charge in [-0.25, -0.2) is 0 Å². The minimum Gasteiger partial charge on any atom is -0.0985 e. The largest absolute Gasteiger partial charge is 0.0985 e. The van der Waals surface area contributed by atoms with E-state index in [9.17, 15) is 0 Å². The summed E-state index contributed by atoms with van der Waals surface area (Å²) in [6.45, 7) is 7.63. The summed E-state index contributed by atoms with van der Waals surface area (Å²) in [7, 11) is 0. The molecule has 0 aliphatic heterocycles. The molecule has 4 aromatic rings. The second-order valence-electron chi connectivity index (χ2n) is 7.90. The van der Waals surface area contributed by atoms with Crippen LogP contribution < -0.4 is 0 Å². The second-order valence-corrected chi connectivity index (χ2v) is 7.90. The second kappa shape index (κ2) is 9.91. The van der Waals surface area contributed by atoms with Crippen LogP contribution in [0, 0.1) is 0 Å². The third-order valence-electron chi connectivity index (χ3n) is 5.80. The van der Waals surface area contributed by atoms with Crippen LogP contribution in [0.3, 0.4) is 0 Å². The fourth-order valence-corrected chi connectivity index (χ4v) is 3.85. The molecule has 4 rings (SSSR count). The molecule has 0 fully saturated rings. The van der Waals surface area contributed by atoms with Gasteiger partial charge < -0.3 is 0 Å². The molecule has 0 unspecified atom stereocenters. The first-order chi connectivity index (χ1) is 15.2. The minimum atomic E-state index is 1.10. The molecule has 0 amide bonds. The van der Waals surface area contributed by atoms with Crippen molar-refractivity contribution in [3.8, 4) is 22.3 Å². The van der Waals surface area contributed by atoms with E-state index in [1.165, 1.54) is 33.4 Å². The maximum Gasteiger partial charge on any atom is -0.0184 e. The van der Waals surface area contributed by atoms with E-state index in [1.54, 1.807) is 0 Å². The maximum absolute atomic E-state index is 3.82. The van der Waals surface area contributed by atoms with Gasteiger partial charge in [-0.15, -0.1) is 0 Å². The van der Waals surface area contributed by atoms with Crippen LogP contribution in [0.5, 0.6) is 0 Å². The summed E-state index contributed by atoms with van der Waals surface area (Å²) in [5.41, 5.74) is 10.1. The Hall–Kier alpha value is -3.64. The van der Waals surface area contributed by atoms with Crippen LogP contribution in [-0.4, -0.2) is 0 Å². The first-order valence-electron chi connectivity index (χ1n) is 10.9. The molecule has 4 aromatic carbocycles. The van der Waals surface area contributed by atoms with Crippen molar-refractivity contribution in [3.63, 3.8) is 0 Å². The summed E-state index contributed by atoms with van der Waals surface area (Å²) < 4.78 is 0. The molecule has 0 aliphatic rings. The molecule has 0 aromatic heterocycles. The van der Waals surface area contributed by atoms with Gasteiger partial charge in [-0.05, 0) is 63.8 Å². The van der Waals surface area contributed by atoms with Crippen molar-refractivity contribution in [1.29, 1.82) is 0 Å². The van der Waals surface area contributed by atoms with E-state index in [0.717, 1.165) is 30.4 Å². The lowest BCUT2D eigenvalue weighted by Gasteiger charge is -2.07. The highest BCUT2D eigenvalue weighted by atomic mass is 14.1. The molecule has 0 atom stereocenters. The highest BCUT2D eigenvalue weighted by molar-refractivity contribution is 5.66. The van der Waals surface area contributed by atoms with Crippen LogP contribution >= 0.6 is 0 Å². The van der Waals surface area contributed by atoms with Crippen LogP contribution in [0.4, 0.5) is 0 Å². The first-order valence-corrected chi connectivity index (χ1v) is 10.9. The molecule has 0 saturated carbocycles. The van der Waals surface area contributed by atoms with Gasteiger partial charge in [0.1, 0.15) is 0 Å². The summed E-state index contributed by atoms with van der Waals surface area (Å²) in [4.78, 5) is 0. The average molecular weight is 401 g/mol. The van der Waals surface area contributed by atoms with Gasteiger partial charge in [0, 0.05) is 0 Å². The van der Waals surface area contributed by atoms with E-state index in [0.29, 0.717) is 0 Å². The van der Waals surface area contributed by atoms with Crippen molar-refractivity contribution in [2.45, 2.75) is 19.3 Å². The number of benzene rings is 4. The summed E-state index contributed by atoms with van der Waals surface area (Å²) in [5.74, 6) is 0. The molecule has 152 valence electrons. The smallest absolute Gasteiger partial charge is 0.0184 e. The highest BCUT2D eigenvalue weighted by Gasteiger charge is 2.01. The quantitative estimate of drug-likeness (QED) is 0.278. The Morgan fingerprint density at radius 2 is 0.710 bits per heavy atom. The van der Waals surface area contributed by atoms with E-state index in [4.69, 9.17) is 0 Å². The molecule has 0 heterocycles. The zero-order chi connectivity index (χ0) is 21.5. The normalized spacial score (nSPS) is 10.6. The fraction of sp³-hybridized carbons (Fsp3) is 0.0968. The third-order valence-corrected chi connectivity index (χ3v) is 5.80. The molecule has 0 nitrogen and oxygen atoms in total. The fourth-order valence-electron chi connectivity index (χ4n) is 3.85. The Balaban J connectivity index is 1.31. The van der Waals surface area contributed by atoms with Crippen molar-refractivity contribution in [3.05, 3.63) is 132 Å². The van der Waals surface area contributed by atoms with Crippen molar-refractivity contribution < 1.29 is 0 Å². The molecular weight excluding hydrogens is 372 g/mol. The van der Waals surface area contributed by atoms with Gasteiger partial charge in [-0.2, -0.15) is 0 Å². The molecule has 0 aliphatic carbocycles. The molecule has 0 heteroatoms. The van der Waals surface area contributed by atoms with Gasteiger partial charge >= 0.3 is 0 Å². The van der Waals surface area contributed by atoms with Crippen LogP contribution in [0.2, 0.25) is 0 Å². The first kappa shape index (κ1) is 20.6. The molecular formula is C31H28. The van der Waals surface area contributed by atoms with E-state index in [-0.39, 0.29) is 0 Å². The Morgan fingerprint density at radius 1 is 0.419 bits per heavy atom. The molecule has 0 radical (unpaired) electrons. The van der Waals surface area contributed by atoms with Crippen LogP contribution in [0.25, 0.3) is 34.4 Å². The average Bonchev–Trinajstić information content (AvgIpc) is 2.85. The van der Waals surface area contributed by atoms with E-state index in [1.807, 2.05) is 12.2 Å². The third kappa shape index (κ3) is 5.29. The molecule has 31 heavy (non-hydrogen) atoms. The van der Waals surface area contributed by atoms with Crippen molar-refractivity contribution >= 4 is 12.2 Å². The number of hydrogen-bond donors (Lipinski definition) is 0. The number of aryl methyl sites for hydroxylation is 2. The summed E-state index contributed by atoms with van der Waals surface area (Å²) in [6, 6.07) is 35.0. The predicted octanol–water partition coefficient (Wildman–Crippen LogP) is 8.48. The lowest BCUT2D eigenvalue weighted by Crippen LogP contribution is -1.91. The lowest BCUT2D eigenvalue weighted by atomic mass is 9.98. The molecule has 0 saturated heterocycles. The molecule has 0 bridgehead atoms. The topological polar surface area (TPSA) is 0 Å². The predicted molar refractivity (Wildman–Crippen MR) is 136 cm³/mol. The zero-order valence-electron chi connectivity index (χ0n) is 17.9. The van der Waals surface area contributed by atoms with E-state index >= 15 is 0 Å². The van der Waals surface area contributed by atoms with Crippen molar-refractivity contribution in [2.24, 2.45) is 0 Å². The number of rotatable bonds is 8. The Kier molecular flexibility index (Phi) is 6.59. The zero-order valence-corrected chi connectivity index (χ0v) is 17.9. The highest BCUT2D eigenvalue weighted by Crippen LogP contribution is 2.23. The van der Waals surface area contributed by atoms with E-state index < -0.39 is 0 Å². The molecule has 0 spiro atoms. The van der Waals surface area contributed by atoms with E-state index in [2.05, 4.69) is 110 Å². The SMILES string of the molecule is C=Cc1ccc(-c2ccc(CCCc3ccc(-c4ccc(C=C)cc4)cc3)cc2)cc1. The van der Waals surface area contributed by atoms with Gasteiger partial charge in [0.25, 0.3) is 0 Å². The maximum atomic E-state index is 3.82. The standard InChI is InChI=1S/C31H28/c1-3-24-8-16-28(17-9-24)30-20-12-26(13-21-30)6-5-7-27-14-22-31(23-15-27)29-18-10-25(4-2)11-19-29/h3-4,8-23H,1-2,5-7H2. The minimum absolute atomic E-state index is 1.10. The van der Waals surface area contributed by atoms with Gasteiger partial charge in [-0.1, -0.05) is 122 Å². The van der Waals surface area contributed by atoms with Crippen LogP contribution in [0.1, 0.15) is 28.7 Å².